The number of aliphatic imine (C=N–C) groups is 1. The molecule has 2 aromatic carbocycles. The number of rotatable bonds is 13. The van der Waals surface area contributed by atoms with Crippen LogP contribution in [0.15, 0.2) is 64.5 Å². The lowest BCUT2D eigenvalue weighted by Gasteiger charge is -2.28. The number of morpholine rings is 1. The van der Waals surface area contributed by atoms with Crippen LogP contribution in [0, 0.1) is 0 Å². The van der Waals surface area contributed by atoms with E-state index in [0.29, 0.717) is 50.6 Å². The molecule has 1 atom stereocenters. The van der Waals surface area contributed by atoms with Gasteiger partial charge in [-0.15, -0.1) is 0 Å². The fourth-order valence-electron chi connectivity index (χ4n) is 4.27. The van der Waals surface area contributed by atoms with Crippen LogP contribution in [0.5, 0.6) is 5.75 Å². The van der Waals surface area contributed by atoms with Crippen molar-refractivity contribution in [3.63, 3.8) is 0 Å². The lowest BCUT2D eigenvalue weighted by atomic mass is 9.97. The molecule has 0 aliphatic carbocycles. The molecule has 0 aromatic heterocycles. The Hall–Kier alpha value is -2.99. The molecule has 1 fully saturated rings. The van der Waals surface area contributed by atoms with E-state index in [-0.39, 0.29) is 42.1 Å². The number of carbonyl (C=O) groups excluding carboxylic acids is 1. The van der Waals surface area contributed by atoms with Crippen LogP contribution in [0.25, 0.3) is 0 Å². The van der Waals surface area contributed by atoms with Crippen LogP contribution >= 0.6 is 0 Å². The number of carbonyl (C=O) groups is 1. The van der Waals surface area contributed by atoms with Gasteiger partial charge in [-0.05, 0) is 42.8 Å². The van der Waals surface area contributed by atoms with E-state index in [2.05, 4.69) is 15.2 Å². The minimum Gasteiger partial charge on any atom is -0.494 e. The van der Waals surface area contributed by atoms with Gasteiger partial charge in [-0.2, -0.15) is 0 Å². The predicted molar refractivity (Wildman–Crippen MR) is 142 cm³/mol. The summed E-state index contributed by atoms with van der Waals surface area (Å²) in [6.07, 6.45) is 0.520. The Morgan fingerprint density at radius 2 is 1.84 bits per heavy atom. The zero-order valence-corrected chi connectivity index (χ0v) is 22.2. The Kier molecular flexibility index (Phi) is 9.73. The lowest BCUT2D eigenvalue weighted by molar-refractivity contribution is -0.126. The predicted octanol–water partition coefficient (Wildman–Crippen LogP) is 1.28. The third kappa shape index (κ3) is 7.31. The molecule has 0 saturated carbocycles. The Labute approximate surface area is 223 Å². The molecular weight excluding hydrogens is 510 g/mol. The van der Waals surface area contributed by atoms with Crippen LogP contribution in [0.3, 0.4) is 0 Å². The van der Waals surface area contributed by atoms with Gasteiger partial charge in [-0.25, -0.2) is 13.4 Å². The summed E-state index contributed by atoms with van der Waals surface area (Å²) in [4.78, 5) is 20.6. The Morgan fingerprint density at radius 1 is 1.11 bits per heavy atom. The summed E-state index contributed by atoms with van der Waals surface area (Å²) in [5.74, 6) is 0.327. The first kappa shape index (κ1) is 28.0. The summed E-state index contributed by atoms with van der Waals surface area (Å²) in [6, 6.07) is 15.3. The molecule has 1 amide bonds. The molecular formula is C27H35N3O7S. The fourth-order valence-corrected chi connectivity index (χ4v) is 5.68. The number of nitrogens with zero attached hydrogens (tertiary/aromatic N) is 2. The zero-order valence-electron chi connectivity index (χ0n) is 21.4. The van der Waals surface area contributed by atoms with E-state index in [1.54, 1.807) is 54.6 Å². The van der Waals surface area contributed by atoms with Crippen molar-refractivity contribution >= 4 is 21.6 Å². The average Bonchev–Trinajstić information content (AvgIpc) is 3.39. The molecule has 0 unspecified atom stereocenters. The highest BCUT2D eigenvalue weighted by Gasteiger charge is 2.45. The molecule has 2 aliphatic rings. The minimum atomic E-state index is -3.62. The van der Waals surface area contributed by atoms with Crippen molar-refractivity contribution in [2.75, 3.05) is 65.0 Å². The second-order valence-corrected chi connectivity index (χ2v) is 11.4. The van der Waals surface area contributed by atoms with Crippen molar-refractivity contribution in [1.29, 1.82) is 0 Å². The molecule has 2 aromatic rings. The van der Waals surface area contributed by atoms with Gasteiger partial charge < -0.3 is 24.6 Å². The SMILES string of the molecule is O=C(NCCN1CCOCC1)[C@@]1(CCS(=O)(=O)c2ccccc2)COC(c2ccc(OCCCO)cc2)=N1. The summed E-state index contributed by atoms with van der Waals surface area (Å²) in [6.45, 7) is 4.44. The van der Waals surface area contributed by atoms with Crippen molar-refractivity contribution in [1.82, 2.24) is 10.2 Å². The van der Waals surface area contributed by atoms with Crippen LogP contribution in [0.1, 0.15) is 18.4 Å². The van der Waals surface area contributed by atoms with Gasteiger partial charge in [0.05, 0.1) is 30.5 Å². The lowest BCUT2D eigenvalue weighted by Crippen LogP contribution is -2.50. The van der Waals surface area contributed by atoms with E-state index in [0.717, 1.165) is 13.1 Å². The molecule has 2 N–H and O–H groups in total. The maximum atomic E-state index is 13.5. The molecule has 10 nitrogen and oxygen atoms in total. The molecule has 4 rings (SSSR count). The first-order chi connectivity index (χ1) is 18.4. The van der Waals surface area contributed by atoms with E-state index in [1.807, 2.05) is 0 Å². The summed E-state index contributed by atoms with van der Waals surface area (Å²) >= 11 is 0. The molecule has 0 radical (unpaired) electrons. The summed E-state index contributed by atoms with van der Waals surface area (Å²) in [5, 5.41) is 11.9. The van der Waals surface area contributed by atoms with E-state index < -0.39 is 15.4 Å². The number of benzene rings is 2. The Bertz CT molecular complexity index is 1180. The van der Waals surface area contributed by atoms with Gasteiger partial charge in [-0.1, -0.05) is 18.2 Å². The second-order valence-electron chi connectivity index (χ2n) is 9.28. The van der Waals surface area contributed by atoms with Crippen LogP contribution in [0.2, 0.25) is 0 Å². The van der Waals surface area contributed by atoms with Gasteiger partial charge in [0.1, 0.15) is 12.4 Å². The second kappa shape index (κ2) is 13.2. The standard InChI is InChI=1S/C27H35N3O7S/c31-16-4-17-36-23-9-7-22(8-10-23)25-29-27(21-37-25,11-20-38(33,34)24-5-2-1-3-6-24)26(32)28-12-13-30-14-18-35-19-15-30/h1-3,5-10,31H,4,11-21H2,(H,28,32)/t27-/m1/s1. The minimum absolute atomic E-state index is 0.0144. The smallest absolute Gasteiger partial charge is 0.251 e. The van der Waals surface area contributed by atoms with E-state index in [1.165, 1.54) is 0 Å². The van der Waals surface area contributed by atoms with Crippen molar-refractivity contribution in [2.24, 2.45) is 4.99 Å². The molecule has 0 bridgehead atoms. The van der Waals surface area contributed by atoms with Gasteiger partial charge in [0, 0.05) is 44.8 Å². The monoisotopic (exact) mass is 545 g/mol. The Balaban J connectivity index is 1.48. The maximum Gasteiger partial charge on any atom is 0.251 e. The highest BCUT2D eigenvalue weighted by atomic mass is 32.2. The zero-order chi connectivity index (χ0) is 26.8. The van der Waals surface area contributed by atoms with Gasteiger partial charge >= 0.3 is 0 Å². The third-order valence-electron chi connectivity index (χ3n) is 6.56. The molecule has 2 aliphatic heterocycles. The normalized spacial score (nSPS) is 20.0. The number of aliphatic hydroxyl groups excluding tert-OH is 1. The number of ether oxygens (including phenoxy) is 3. The number of nitrogens with one attached hydrogen (secondary N) is 1. The van der Waals surface area contributed by atoms with Gasteiger partial charge in [-0.3, -0.25) is 9.69 Å². The number of amides is 1. The molecule has 206 valence electrons. The summed E-state index contributed by atoms with van der Waals surface area (Å²) in [7, 11) is -3.62. The van der Waals surface area contributed by atoms with E-state index >= 15 is 0 Å². The van der Waals surface area contributed by atoms with Crippen molar-refractivity contribution in [3.05, 3.63) is 60.2 Å². The Morgan fingerprint density at radius 3 is 2.55 bits per heavy atom. The van der Waals surface area contributed by atoms with Crippen LogP contribution in [-0.2, 0) is 24.1 Å². The van der Waals surface area contributed by atoms with Crippen molar-refractivity contribution in [2.45, 2.75) is 23.3 Å². The van der Waals surface area contributed by atoms with Crippen LogP contribution < -0.4 is 10.1 Å². The van der Waals surface area contributed by atoms with Crippen LogP contribution in [-0.4, -0.2) is 101 Å². The first-order valence-electron chi connectivity index (χ1n) is 12.8. The summed E-state index contributed by atoms with van der Waals surface area (Å²) in [5.41, 5.74) is -0.702. The number of hydrogen-bond acceptors (Lipinski definition) is 9. The molecule has 2 heterocycles. The topological polar surface area (TPSA) is 127 Å². The quantitative estimate of drug-likeness (QED) is 0.361. The van der Waals surface area contributed by atoms with Gasteiger partial charge in [0.15, 0.2) is 15.4 Å². The third-order valence-corrected chi connectivity index (χ3v) is 8.29. The first-order valence-corrected chi connectivity index (χ1v) is 14.5. The highest BCUT2D eigenvalue weighted by molar-refractivity contribution is 7.91. The number of aliphatic hydroxyl groups is 1. The van der Waals surface area contributed by atoms with E-state index in [9.17, 15) is 13.2 Å². The molecule has 38 heavy (non-hydrogen) atoms. The summed E-state index contributed by atoms with van der Waals surface area (Å²) < 4.78 is 42.8. The van der Waals surface area contributed by atoms with Crippen molar-refractivity contribution in [3.8, 4) is 5.75 Å². The fraction of sp³-hybridized carbons (Fsp3) is 0.481. The number of hydrogen-bond donors (Lipinski definition) is 2. The molecule has 1 saturated heterocycles. The highest BCUT2D eigenvalue weighted by Crippen LogP contribution is 2.28. The van der Waals surface area contributed by atoms with Crippen LogP contribution in [0.4, 0.5) is 0 Å². The average molecular weight is 546 g/mol. The number of sulfone groups is 1. The largest absolute Gasteiger partial charge is 0.494 e. The van der Waals surface area contributed by atoms with E-state index in [4.69, 9.17) is 19.3 Å². The molecule has 11 heteroatoms. The maximum absolute atomic E-state index is 13.5. The molecule has 0 spiro atoms. The van der Waals surface area contributed by atoms with Gasteiger partial charge in [0.2, 0.25) is 5.90 Å². The van der Waals surface area contributed by atoms with Gasteiger partial charge in [0.25, 0.3) is 5.91 Å². The van der Waals surface area contributed by atoms with Crippen molar-refractivity contribution < 1.29 is 32.5 Å².